The molecular weight excluding hydrogens is 532 g/mol. The maximum absolute atomic E-state index is 14.1. The molecule has 0 spiro atoms. The van der Waals surface area contributed by atoms with Gasteiger partial charge in [0.15, 0.2) is 0 Å². The smallest absolute Gasteiger partial charge is 0.311 e. The number of piperidine rings is 1. The second-order valence-electron chi connectivity index (χ2n) is 11.9. The summed E-state index contributed by atoms with van der Waals surface area (Å²) < 4.78 is 5.44. The quantitative estimate of drug-likeness (QED) is 0.245. The van der Waals surface area contributed by atoms with Gasteiger partial charge in [-0.2, -0.15) is 0 Å². The van der Waals surface area contributed by atoms with Crippen molar-refractivity contribution in [2.24, 2.45) is 5.92 Å². The zero-order chi connectivity index (χ0) is 30.3. The van der Waals surface area contributed by atoms with E-state index < -0.39 is 23.6 Å². The van der Waals surface area contributed by atoms with Crippen molar-refractivity contribution in [2.45, 2.75) is 70.6 Å². The largest absolute Gasteiger partial charge is 0.466 e. The van der Waals surface area contributed by atoms with Crippen LogP contribution in [0.1, 0.15) is 57.6 Å². The molecule has 1 saturated heterocycles. The van der Waals surface area contributed by atoms with Crippen molar-refractivity contribution in [3.8, 4) is 0 Å². The van der Waals surface area contributed by atoms with E-state index in [2.05, 4.69) is 15.6 Å². The molecule has 4 N–H and O–H groups in total. The summed E-state index contributed by atoms with van der Waals surface area (Å²) in [6.07, 6.45) is 2.38. The van der Waals surface area contributed by atoms with Crippen LogP contribution in [0.25, 0.3) is 10.9 Å². The van der Waals surface area contributed by atoms with E-state index in [1.165, 1.54) is 0 Å². The van der Waals surface area contributed by atoms with E-state index in [1.807, 2.05) is 74.6 Å². The number of aliphatic hydroxyl groups is 1. The Bertz CT molecular complexity index is 1350. The van der Waals surface area contributed by atoms with Crippen molar-refractivity contribution in [2.75, 3.05) is 26.2 Å². The zero-order valence-electron chi connectivity index (χ0n) is 25.1. The van der Waals surface area contributed by atoms with Crippen molar-refractivity contribution in [1.29, 1.82) is 0 Å². The van der Waals surface area contributed by atoms with Gasteiger partial charge < -0.3 is 30.4 Å². The molecule has 1 aliphatic heterocycles. The monoisotopic (exact) mass is 576 g/mol. The maximum Gasteiger partial charge on any atom is 0.311 e. The van der Waals surface area contributed by atoms with Gasteiger partial charge >= 0.3 is 5.97 Å². The fourth-order valence-corrected chi connectivity index (χ4v) is 5.81. The Morgan fingerprint density at radius 2 is 1.83 bits per heavy atom. The van der Waals surface area contributed by atoms with Gasteiger partial charge in [0.1, 0.15) is 6.04 Å². The first kappa shape index (κ1) is 31.3. The highest BCUT2D eigenvalue weighted by atomic mass is 16.5. The van der Waals surface area contributed by atoms with Crippen molar-refractivity contribution < 1.29 is 24.2 Å². The Morgan fingerprint density at radius 1 is 1.12 bits per heavy atom. The lowest BCUT2D eigenvalue weighted by atomic mass is 9.80. The number of nitrogens with zero attached hydrogens (tertiary/aromatic N) is 1. The van der Waals surface area contributed by atoms with Crippen LogP contribution in [0, 0.1) is 5.92 Å². The molecule has 1 aromatic heterocycles. The molecule has 1 fully saturated rings. The highest BCUT2D eigenvalue weighted by molar-refractivity contribution is 5.90. The van der Waals surface area contributed by atoms with E-state index in [-0.39, 0.29) is 43.3 Å². The number of carbonyl (C=O) groups excluding carboxylic acids is 3. The number of carbonyl (C=O) groups is 3. The number of esters is 1. The molecule has 2 amide bonds. The van der Waals surface area contributed by atoms with Gasteiger partial charge in [-0.1, -0.05) is 48.5 Å². The van der Waals surface area contributed by atoms with E-state index in [4.69, 9.17) is 4.74 Å². The number of β-amino-alcohol motifs (C(OH)–C–C–N with tert-alkyl or cyclic N) is 1. The predicted octanol–water partition coefficient (Wildman–Crippen LogP) is 3.53. The summed E-state index contributed by atoms with van der Waals surface area (Å²) >= 11 is 0. The summed E-state index contributed by atoms with van der Waals surface area (Å²) in [5.41, 5.74) is 2.35. The number of hydrogen-bond donors (Lipinski definition) is 4. The van der Waals surface area contributed by atoms with Crippen LogP contribution in [0.15, 0.2) is 60.8 Å². The van der Waals surface area contributed by atoms with Gasteiger partial charge in [0.2, 0.25) is 11.8 Å². The number of aromatic nitrogens is 1. The average molecular weight is 577 g/mol. The summed E-state index contributed by atoms with van der Waals surface area (Å²) in [6, 6.07) is 16.9. The van der Waals surface area contributed by atoms with Crippen LogP contribution in [0.4, 0.5) is 0 Å². The Kier molecular flexibility index (Phi) is 10.4. The summed E-state index contributed by atoms with van der Waals surface area (Å²) in [7, 11) is 0. The summed E-state index contributed by atoms with van der Waals surface area (Å²) in [4.78, 5) is 45.5. The molecule has 226 valence electrons. The SMILES string of the molecule is CCOC(=O)C1CN(C(=O)[C@@H](Cc2c[nH]c3ccccc23)NC(=O)CC(C)(C)NC[C@@H](C)O)CCC1c1ccccc1. The third kappa shape index (κ3) is 7.98. The summed E-state index contributed by atoms with van der Waals surface area (Å²) in [6.45, 7) is 8.56. The highest BCUT2D eigenvalue weighted by Gasteiger charge is 2.40. The number of aliphatic hydroxyl groups excluding tert-OH is 1. The molecule has 2 heterocycles. The minimum absolute atomic E-state index is 0.0586. The van der Waals surface area contributed by atoms with Crippen LogP contribution in [0.2, 0.25) is 0 Å². The number of para-hydroxylation sites is 1. The second-order valence-corrected chi connectivity index (χ2v) is 11.9. The molecule has 0 bridgehead atoms. The number of likely N-dealkylation sites (tertiary alicyclic amines) is 1. The third-order valence-corrected chi connectivity index (χ3v) is 7.95. The Labute approximate surface area is 248 Å². The van der Waals surface area contributed by atoms with E-state index in [0.717, 1.165) is 22.0 Å². The Hall–Kier alpha value is -3.69. The number of hydrogen-bond acceptors (Lipinski definition) is 6. The topological polar surface area (TPSA) is 124 Å². The fourth-order valence-electron chi connectivity index (χ4n) is 5.81. The number of rotatable bonds is 12. The molecule has 2 unspecified atom stereocenters. The highest BCUT2D eigenvalue weighted by Crippen LogP contribution is 2.34. The zero-order valence-corrected chi connectivity index (χ0v) is 25.1. The van der Waals surface area contributed by atoms with E-state index >= 15 is 0 Å². The summed E-state index contributed by atoms with van der Waals surface area (Å²) in [5, 5.41) is 16.9. The molecule has 1 aliphatic rings. The van der Waals surface area contributed by atoms with Crippen LogP contribution in [-0.2, 0) is 25.5 Å². The second kappa shape index (κ2) is 14.0. The van der Waals surface area contributed by atoms with Gasteiger partial charge in [-0.3, -0.25) is 14.4 Å². The molecule has 42 heavy (non-hydrogen) atoms. The van der Waals surface area contributed by atoms with E-state index in [1.54, 1.807) is 18.7 Å². The van der Waals surface area contributed by atoms with Crippen LogP contribution in [0.5, 0.6) is 0 Å². The molecule has 0 aliphatic carbocycles. The molecular formula is C33H44N4O5. The van der Waals surface area contributed by atoms with Gasteiger partial charge in [0, 0.05) is 61.0 Å². The number of benzene rings is 2. The van der Waals surface area contributed by atoms with Gasteiger partial charge in [-0.25, -0.2) is 0 Å². The van der Waals surface area contributed by atoms with E-state index in [0.29, 0.717) is 25.9 Å². The van der Waals surface area contributed by atoms with Crippen molar-refractivity contribution in [3.05, 3.63) is 71.9 Å². The minimum Gasteiger partial charge on any atom is -0.466 e. The van der Waals surface area contributed by atoms with Gasteiger partial charge in [0.05, 0.1) is 18.6 Å². The molecule has 9 nitrogen and oxygen atoms in total. The number of nitrogens with one attached hydrogen (secondary N) is 3. The predicted molar refractivity (Wildman–Crippen MR) is 163 cm³/mol. The van der Waals surface area contributed by atoms with Crippen LogP contribution in [0.3, 0.4) is 0 Å². The number of ether oxygens (including phenoxy) is 1. The van der Waals surface area contributed by atoms with Crippen LogP contribution >= 0.6 is 0 Å². The van der Waals surface area contributed by atoms with Crippen molar-refractivity contribution in [3.63, 3.8) is 0 Å². The van der Waals surface area contributed by atoms with Crippen LogP contribution in [-0.4, -0.2) is 76.7 Å². The minimum atomic E-state index is -0.819. The van der Waals surface area contributed by atoms with Gasteiger partial charge in [-0.05, 0) is 51.3 Å². The Morgan fingerprint density at radius 3 is 2.55 bits per heavy atom. The average Bonchev–Trinajstić information content (AvgIpc) is 3.38. The lowest BCUT2D eigenvalue weighted by Crippen LogP contribution is -2.55. The number of aromatic amines is 1. The van der Waals surface area contributed by atoms with Crippen LogP contribution < -0.4 is 10.6 Å². The standard InChI is InChI=1S/C33H44N4O5/c1-5-42-32(41)27-21-37(16-15-25(27)23-11-7-6-8-12-23)31(40)29(17-24-20-34-28-14-10-9-13-26(24)28)36-30(39)18-33(3,4)35-19-22(2)38/h6-14,20,22,25,27,29,34-35,38H,5,15-19,21H2,1-4H3,(H,36,39)/t22-,25?,27?,29-/m1/s1. The number of fused-ring (bicyclic) bond motifs is 1. The number of amides is 2. The third-order valence-electron chi connectivity index (χ3n) is 7.95. The molecule has 3 aromatic rings. The lowest BCUT2D eigenvalue weighted by Gasteiger charge is -2.39. The first-order chi connectivity index (χ1) is 20.1. The van der Waals surface area contributed by atoms with Crippen molar-refractivity contribution in [1.82, 2.24) is 20.5 Å². The maximum atomic E-state index is 14.1. The molecule has 4 atom stereocenters. The number of H-pyrrole nitrogens is 1. The molecule has 2 aromatic carbocycles. The molecule has 0 saturated carbocycles. The fraction of sp³-hybridized carbons (Fsp3) is 0.485. The van der Waals surface area contributed by atoms with Gasteiger partial charge in [-0.15, -0.1) is 0 Å². The molecule has 9 heteroatoms. The molecule has 0 radical (unpaired) electrons. The molecule has 4 rings (SSSR count). The Balaban J connectivity index is 1.56. The van der Waals surface area contributed by atoms with Gasteiger partial charge in [0.25, 0.3) is 0 Å². The lowest BCUT2D eigenvalue weighted by molar-refractivity contribution is -0.153. The normalized spacial score (nSPS) is 18.8. The summed E-state index contributed by atoms with van der Waals surface area (Å²) in [5.74, 6) is -1.36. The van der Waals surface area contributed by atoms with E-state index in [9.17, 15) is 19.5 Å². The first-order valence-corrected chi connectivity index (χ1v) is 14.9. The van der Waals surface area contributed by atoms with Crippen molar-refractivity contribution >= 4 is 28.7 Å². The first-order valence-electron chi connectivity index (χ1n) is 14.9.